The summed E-state index contributed by atoms with van der Waals surface area (Å²) in [5.41, 5.74) is 0.963. The van der Waals surface area contributed by atoms with Crippen molar-refractivity contribution in [2.24, 2.45) is 11.8 Å². The second-order valence-electron chi connectivity index (χ2n) is 13.3. The van der Waals surface area contributed by atoms with Crippen LogP contribution in [0, 0.1) is 11.8 Å². The molecule has 8 atom stereocenters. The summed E-state index contributed by atoms with van der Waals surface area (Å²) in [6, 6.07) is 14.9. The summed E-state index contributed by atoms with van der Waals surface area (Å²) in [5.74, 6) is -3.75. The molecule has 0 aliphatic carbocycles. The van der Waals surface area contributed by atoms with Crippen LogP contribution in [0.15, 0.2) is 79.9 Å². The average molecular weight is 766 g/mol. The van der Waals surface area contributed by atoms with Gasteiger partial charge in [0.05, 0.1) is 37.1 Å². The third-order valence-electron chi connectivity index (χ3n) is 10.3. The Balaban J connectivity index is 1.48. The van der Waals surface area contributed by atoms with E-state index in [1.54, 1.807) is 24.0 Å². The van der Waals surface area contributed by atoms with Crippen molar-refractivity contribution in [3.8, 4) is 0 Å². The summed E-state index contributed by atoms with van der Waals surface area (Å²) in [4.78, 5) is 61.0. The van der Waals surface area contributed by atoms with Gasteiger partial charge in [-0.1, -0.05) is 58.4 Å². The first kappa shape index (κ1) is 38.2. The third-order valence-corrected chi connectivity index (χ3v) is 11.2. The number of allylic oxidation sites excluding steroid dienone is 1. The van der Waals surface area contributed by atoms with Crippen molar-refractivity contribution in [2.75, 3.05) is 42.6 Å². The summed E-state index contributed by atoms with van der Waals surface area (Å²) < 4.78 is 12.8. The third kappa shape index (κ3) is 7.36. The van der Waals surface area contributed by atoms with Gasteiger partial charge in [-0.15, -0.1) is 13.2 Å². The minimum absolute atomic E-state index is 0.0316. The molecule has 1 spiro atoms. The van der Waals surface area contributed by atoms with E-state index in [2.05, 4.69) is 53.2 Å². The molecule has 1 unspecified atom stereocenters. The van der Waals surface area contributed by atoms with E-state index in [1.807, 2.05) is 54.6 Å². The molecule has 2 aromatic rings. The molecule has 2 N–H and O–H groups in total. The summed E-state index contributed by atoms with van der Waals surface area (Å²) in [6.07, 6.45) is 2.77. The van der Waals surface area contributed by atoms with E-state index in [0.717, 1.165) is 18.8 Å². The lowest BCUT2D eigenvalue weighted by Gasteiger charge is -2.38. The Morgan fingerprint density at radius 2 is 1.76 bits per heavy atom. The van der Waals surface area contributed by atoms with Gasteiger partial charge in [0.25, 0.3) is 5.91 Å². The quantitative estimate of drug-likeness (QED) is 0.137. The minimum Gasteiger partial charge on any atom is -0.455 e. The van der Waals surface area contributed by atoms with Gasteiger partial charge >= 0.3 is 5.97 Å². The van der Waals surface area contributed by atoms with Crippen molar-refractivity contribution in [3.05, 3.63) is 85.5 Å². The van der Waals surface area contributed by atoms with Crippen molar-refractivity contribution in [2.45, 2.75) is 74.8 Å². The van der Waals surface area contributed by atoms with Crippen molar-refractivity contribution in [1.29, 1.82) is 0 Å². The Kier molecular flexibility index (Phi) is 12.4. The Bertz CT molecular complexity index is 1590. The van der Waals surface area contributed by atoms with Crippen molar-refractivity contribution < 1.29 is 33.8 Å². The van der Waals surface area contributed by atoms with E-state index >= 15 is 0 Å². The predicted octanol–water partition coefficient (Wildman–Crippen LogP) is 4.55. The second kappa shape index (κ2) is 16.6. The molecule has 51 heavy (non-hydrogen) atoms. The first-order valence-electron chi connectivity index (χ1n) is 17.7. The van der Waals surface area contributed by atoms with Crippen molar-refractivity contribution >= 4 is 51.0 Å². The molecule has 12 heteroatoms. The topological polar surface area (TPSA) is 129 Å². The lowest BCUT2D eigenvalue weighted by Crippen LogP contribution is -2.58. The number of nitrogens with zero attached hydrogens (tertiary/aromatic N) is 3. The number of hydrogen-bond donors (Lipinski definition) is 2. The fraction of sp³-hybridized carbons (Fsp3) is 0.487. The maximum atomic E-state index is 14.9. The van der Waals surface area contributed by atoms with E-state index in [9.17, 15) is 24.3 Å². The van der Waals surface area contributed by atoms with Gasteiger partial charge in [0.1, 0.15) is 17.7 Å². The zero-order valence-corrected chi connectivity index (χ0v) is 31.2. The van der Waals surface area contributed by atoms with Gasteiger partial charge in [0.15, 0.2) is 0 Å². The fourth-order valence-electron chi connectivity index (χ4n) is 7.85. The van der Waals surface area contributed by atoms with Crippen LogP contribution in [0.4, 0.5) is 11.4 Å². The second-order valence-corrected chi connectivity index (χ2v) is 14.5. The molecule has 3 fully saturated rings. The number of aliphatic hydroxyl groups is 1. The number of carbonyl (C=O) groups excluding carboxylic acids is 4. The molecular weight excluding hydrogens is 716 g/mol. The number of ether oxygens (including phenoxy) is 2. The molecule has 3 saturated heterocycles. The molecule has 3 amide bonds. The van der Waals surface area contributed by atoms with Crippen LogP contribution >= 0.6 is 15.9 Å². The Morgan fingerprint density at radius 1 is 1.10 bits per heavy atom. The lowest BCUT2D eigenvalue weighted by atomic mass is 9.70. The first-order valence-corrected chi connectivity index (χ1v) is 18.6. The van der Waals surface area contributed by atoms with Crippen molar-refractivity contribution in [3.63, 3.8) is 0 Å². The van der Waals surface area contributed by atoms with E-state index in [1.165, 1.54) is 4.90 Å². The maximum Gasteiger partial charge on any atom is 0.313 e. The molecular formula is C39H49BrN4O7. The highest BCUT2D eigenvalue weighted by Crippen LogP contribution is 2.61. The molecule has 3 aliphatic heterocycles. The number of benzene rings is 2. The first-order chi connectivity index (χ1) is 24.6. The standard InChI is InChI=1S/C39H49BrN4O7/c1-6-10-16-31(46)41-23-30(26-14-12-11-13-15-26)50-38(49)32-33-36(47)44(25(5)24-45)35(39(33)22-29(40)34(32)51-39)37(48)43(21-7-2)28-19-17-27(18-20-28)42(8-3)9-4/h6-7,11-15,17-20,25,29-30,32-35,45H,1-2,8-10,16,21-24H2,3-5H3,(H,41,46)/t25-,29?,30+,32+,33-,34+,35+,39-/m1/s1. The minimum atomic E-state index is -1.36. The van der Waals surface area contributed by atoms with E-state index in [-0.39, 0.29) is 36.2 Å². The maximum absolute atomic E-state index is 14.9. The number of carbonyl (C=O) groups is 4. The number of anilines is 2. The molecule has 3 heterocycles. The number of hydrogen-bond acceptors (Lipinski definition) is 8. The van der Waals surface area contributed by atoms with Crippen LogP contribution in [0.5, 0.6) is 0 Å². The molecule has 274 valence electrons. The smallest absolute Gasteiger partial charge is 0.313 e. The van der Waals surface area contributed by atoms with Gasteiger partial charge in [-0.2, -0.15) is 0 Å². The summed E-state index contributed by atoms with van der Waals surface area (Å²) in [5, 5.41) is 13.2. The zero-order valence-electron chi connectivity index (χ0n) is 29.6. The number of rotatable bonds is 17. The fourth-order valence-corrected chi connectivity index (χ4v) is 8.79. The van der Waals surface area contributed by atoms with Gasteiger partial charge in [-0.3, -0.25) is 19.2 Å². The van der Waals surface area contributed by atoms with Gasteiger partial charge in [-0.05, 0) is 63.4 Å². The van der Waals surface area contributed by atoms with Crippen LogP contribution < -0.4 is 15.1 Å². The highest BCUT2D eigenvalue weighted by molar-refractivity contribution is 9.09. The molecule has 5 rings (SSSR count). The van der Waals surface area contributed by atoms with Gasteiger partial charge < -0.3 is 34.6 Å². The number of likely N-dealkylation sites (tertiary alicyclic amines) is 1. The molecule has 11 nitrogen and oxygen atoms in total. The lowest BCUT2D eigenvalue weighted by molar-refractivity contribution is -0.160. The molecule has 0 aromatic heterocycles. The number of fused-ring (bicyclic) bond motifs is 1. The summed E-state index contributed by atoms with van der Waals surface area (Å²) in [6.45, 7) is 14.9. The predicted molar refractivity (Wildman–Crippen MR) is 199 cm³/mol. The zero-order chi connectivity index (χ0) is 36.9. The Labute approximate surface area is 308 Å². The Hall–Kier alpha value is -4.00. The highest BCUT2D eigenvalue weighted by atomic mass is 79.9. The Morgan fingerprint density at radius 3 is 2.37 bits per heavy atom. The SMILES string of the molecule is C=CCCC(=O)NC[C@H](OC(=O)[C@@H]1[C@H]2O[C@@]3(CC2Br)[C@H](C(=O)N(CC=C)c2ccc(N(CC)CC)cc2)N([C@H](C)CO)C(=O)[C@@H]13)c1ccccc1. The molecule has 2 aromatic carbocycles. The molecule has 0 saturated carbocycles. The van der Waals surface area contributed by atoms with Crippen LogP contribution in [-0.2, 0) is 28.7 Å². The van der Waals surface area contributed by atoms with Gasteiger partial charge in [0.2, 0.25) is 11.8 Å². The monoisotopic (exact) mass is 764 g/mol. The summed E-state index contributed by atoms with van der Waals surface area (Å²) in [7, 11) is 0. The summed E-state index contributed by atoms with van der Waals surface area (Å²) >= 11 is 3.72. The van der Waals surface area contributed by atoms with Crippen LogP contribution in [-0.4, -0.2) is 95.1 Å². The number of halogens is 1. The number of amides is 3. The largest absolute Gasteiger partial charge is 0.455 e. The molecule has 2 bridgehead atoms. The van der Waals surface area contributed by atoms with Gasteiger partial charge in [-0.25, -0.2) is 0 Å². The number of aliphatic hydroxyl groups excluding tert-OH is 1. The van der Waals surface area contributed by atoms with Crippen LogP contribution in [0.2, 0.25) is 0 Å². The van der Waals surface area contributed by atoms with E-state index < -0.39 is 60.2 Å². The molecule has 0 radical (unpaired) electrons. The number of esters is 1. The van der Waals surface area contributed by atoms with E-state index in [0.29, 0.717) is 24.1 Å². The number of nitrogens with one attached hydrogen (secondary N) is 1. The van der Waals surface area contributed by atoms with Crippen LogP contribution in [0.25, 0.3) is 0 Å². The number of alkyl halides is 1. The van der Waals surface area contributed by atoms with Crippen molar-refractivity contribution in [1.82, 2.24) is 10.2 Å². The highest BCUT2D eigenvalue weighted by Gasteiger charge is 2.77. The van der Waals surface area contributed by atoms with Crippen LogP contribution in [0.3, 0.4) is 0 Å². The average Bonchev–Trinajstić information content (AvgIpc) is 3.75. The van der Waals surface area contributed by atoms with Gasteiger partial charge in [0, 0.05) is 42.3 Å². The van der Waals surface area contributed by atoms with E-state index in [4.69, 9.17) is 9.47 Å². The normalized spacial score (nSPS) is 25.9. The van der Waals surface area contributed by atoms with Crippen LogP contribution in [0.1, 0.15) is 51.7 Å². The molecule has 3 aliphatic rings.